The number of para-hydroxylation sites is 2. The summed E-state index contributed by atoms with van der Waals surface area (Å²) in [4.78, 5) is 0. The van der Waals surface area contributed by atoms with E-state index >= 15 is 0 Å². The first-order valence-electron chi connectivity index (χ1n) is 7.63. The third kappa shape index (κ3) is 5.49. The Morgan fingerprint density at radius 2 is 1.73 bits per heavy atom. The van der Waals surface area contributed by atoms with E-state index in [-0.39, 0.29) is 0 Å². The van der Waals surface area contributed by atoms with Gasteiger partial charge in [-0.1, -0.05) is 37.1 Å². The van der Waals surface area contributed by atoms with Crippen molar-refractivity contribution in [3.05, 3.63) is 53.6 Å². The number of anilines is 1. The standard InChI is InChI=1S/C18H22ClNO2/c1-2-3-13-22-18-7-5-4-6-17(18)20-12-14-21-16-10-8-15(19)9-11-16/h4-11,20H,2-3,12-14H2,1H3. The zero-order valence-corrected chi connectivity index (χ0v) is 13.6. The second-order valence-corrected chi connectivity index (χ2v) is 5.36. The van der Waals surface area contributed by atoms with Gasteiger partial charge >= 0.3 is 0 Å². The highest BCUT2D eigenvalue weighted by molar-refractivity contribution is 6.30. The first-order chi connectivity index (χ1) is 10.8. The lowest BCUT2D eigenvalue weighted by molar-refractivity contribution is 0.309. The maximum atomic E-state index is 5.84. The maximum Gasteiger partial charge on any atom is 0.142 e. The average Bonchev–Trinajstić information content (AvgIpc) is 2.55. The summed E-state index contributed by atoms with van der Waals surface area (Å²) < 4.78 is 11.4. The Kier molecular flexibility index (Phi) is 6.91. The van der Waals surface area contributed by atoms with Crippen molar-refractivity contribution in [2.24, 2.45) is 0 Å². The average molecular weight is 320 g/mol. The van der Waals surface area contributed by atoms with Crippen LogP contribution in [0.1, 0.15) is 19.8 Å². The summed E-state index contributed by atoms with van der Waals surface area (Å²) in [5.74, 6) is 1.71. The highest BCUT2D eigenvalue weighted by atomic mass is 35.5. The summed E-state index contributed by atoms with van der Waals surface area (Å²) in [5.41, 5.74) is 0.998. The summed E-state index contributed by atoms with van der Waals surface area (Å²) in [6.45, 7) is 4.18. The van der Waals surface area contributed by atoms with E-state index in [0.29, 0.717) is 18.2 Å². The lowest BCUT2D eigenvalue weighted by Gasteiger charge is -2.13. The summed E-state index contributed by atoms with van der Waals surface area (Å²) in [7, 11) is 0. The number of hydrogen-bond donors (Lipinski definition) is 1. The lowest BCUT2D eigenvalue weighted by atomic mass is 10.3. The van der Waals surface area contributed by atoms with E-state index in [1.165, 1.54) is 0 Å². The van der Waals surface area contributed by atoms with Gasteiger partial charge in [0, 0.05) is 11.6 Å². The molecule has 0 aliphatic carbocycles. The molecule has 0 saturated carbocycles. The van der Waals surface area contributed by atoms with Gasteiger partial charge in [-0.2, -0.15) is 0 Å². The Morgan fingerprint density at radius 3 is 2.50 bits per heavy atom. The quantitative estimate of drug-likeness (QED) is 0.659. The van der Waals surface area contributed by atoms with Crippen molar-refractivity contribution in [1.29, 1.82) is 0 Å². The number of ether oxygens (including phenoxy) is 2. The minimum absolute atomic E-state index is 0.574. The van der Waals surface area contributed by atoms with Gasteiger partial charge in [0.25, 0.3) is 0 Å². The summed E-state index contributed by atoms with van der Waals surface area (Å²) in [5, 5.41) is 4.06. The van der Waals surface area contributed by atoms with Crippen molar-refractivity contribution < 1.29 is 9.47 Å². The van der Waals surface area contributed by atoms with Crippen LogP contribution in [0.3, 0.4) is 0 Å². The van der Waals surface area contributed by atoms with Crippen molar-refractivity contribution in [2.75, 3.05) is 25.1 Å². The second-order valence-electron chi connectivity index (χ2n) is 4.93. The van der Waals surface area contributed by atoms with E-state index in [1.807, 2.05) is 48.5 Å². The molecule has 0 radical (unpaired) electrons. The number of hydrogen-bond acceptors (Lipinski definition) is 3. The molecule has 2 aromatic rings. The van der Waals surface area contributed by atoms with Crippen molar-refractivity contribution in [3.63, 3.8) is 0 Å². The molecule has 0 fully saturated rings. The zero-order chi connectivity index (χ0) is 15.6. The van der Waals surface area contributed by atoms with Crippen LogP contribution in [-0.4, -0.2) is 19.8 Å². The van der Waals surface area contributed by atoms with Crippen LogP contribution in [0, 0.1) is 0 Å². The molecule has 0 aliphatic heterocycles. The maximum absolute atomic E-state index is 5.84. The monoisotopic (exact) mass is 319 g/mol. The van der Waals surface area contributed by atoms with E-state index in [1.54, 1.807) is 0 Å². The molecule has 1 N–H and O–H groups in total. The van der Waals surface area contributed by atoms with Gasteiger partial charge in [0.15, 0.2) is 0 Å². The van der Waals surface area contributed by atoms with Gasteiger partial charge in [-0.05, 0) is 42.8 Å². The molecule has 0 unspecified atom stereocenters. The second kappa shape index (κ2) is 9.21. The van der Waals surface area contributed by atoms with Crippen LogP contribution in [-0.2, 0) is 0 Å². The largest absolute Gasteiger partial charge is 0.492 e. The molecule has 22 heavy (non-hydrogen) atoms. The minimum Gasteiger partial charge on any atom is -0.492 e. The highest BCUT2D eigenvalue weighted by Gasteiger charge is 2.02. The van der Waals surface area contributed by atoms with Crippen molar-refractivity contribution in [3.8, 4) is 11.5 Å². The predicted octanol–water partition coefficient (Wildman–Crippen LogP) is 5.01. The molecule has 2 rings (SSSR count). The first-order valence-corrected chi connectivity index (χ1v) is 8.01. The lowest BCUT2D eigenvalue weighted by Crippen LogP contribution is -2.12. The SMILES string of the molecule is CCCCOc1ccccc1NCCOc1ccc(Cl)cc1. The van der Waals surface area contributed by atoms with Gasteiger partial charge in [-0.3, -0.25) is 0 Å². The Morgan fingerprint density at radius 1 is 0.955 bits per heavy atom. The van der Waals surface area contributed by atoms with Gasteiger partial charge in [0.1, 0.15) is 18.1 Å². The number of halogens is 1. The van der Waals surface area contributed by atoms with E-state index in [9.17, 15) is 0 Å². The van der Waals surface area contributed by atoms with Crippen molar-refractivity contribution in [1.82, 2.24) is 0 Å². The fourth-order valence-corrected chi connectivity index (χ4v) is 2.08. The number of benzene rings is 2. The molecule has 0 atom stereocenters. The molecule has 0 aromatic heterocycles. The normalized spacial score (nSPS) is 10.3. The van der Waals surface area contributed by atoms with Crippen LogP contribution in [0.25, 0.3) is 0 Å². The number of unbranched alkanes of at least 4 members (excludes halogenated alkanes) is 1. The molecule has 0 saturated heterocycles. The molecule has 2 aromatic carbocycles. The third-order valence-corrected chi connectivity index (χ3v) is 3.39. The molecule has 0 aliphatic rings. The van der Waals surface area contributed by atoms with E-state index in [0.717, 1.165) is 36.6 Å². The van der Waals surface area contributed by atoms with Crippen molar-refractivity contribution >= 4 is 17.3 Å². The topological polar surface area (TPSA) is 30.5 Å². The van der Waals surface area contributed by atoms with Crippen molar-refractivity contribution in [2.45, 2.75) is 19.8 Å². The molecule has 0 amide bonds. The summed E-state index contributed by atoms with van der Waals surface area (Å²) in [6, 6.07) is 15.4. The Balaban J connectivity index is 1.77. The molecular formula is C18H22ClNO2. The summed E-state index contributed by atoms with van der Waals surface area (Å²) >= 11 is 5.84. The fourth-order valence-electron chi connectivity index (χ4n) is 1.95. The number of nitrogens with one attached hydrogen (secondary N) is 1. The minimum atomic E-state index is 0.574. The van der Waals surface area contributed by atoms with Crippen LogP contribution in [0.2, 0.25) is 5.02 Å². The van der Waals surface area contributed by atoms with E-state index in [4.69, 9.17) is 21.1 Å². The molecule has 3 nitrogen and oxygen atoms in total. The molecule has 4 heteroatoms. The van der Waals surface area contributed by atoms with E-state index in [2.05, 4.69) is 12.2 Å². The van der Waals surface area contributed by atoms with Crippen LogP contribution >= 0.6 is 11.6 Å². The first kappa shape index (κ1) is 16.5. The fraction of sp³-hybridized carbons (Fsp3) is 0.333. The Bertz CT molecular complexity index is 557. The predicted molar refractivity (Wildman–Crippen MR) is 92.3 cm³/mol. The molecule has 0 bridgehead atoms. The van der Waals surface area contributed by atoms with Crippen LogP contribution in [0.15, 0.2) is 48.5 Å². The Labute approximate surface area is 137 Å². The zero-order valence-electron chi connectivity index (χ0n) is 12.8. The van der Waals surface area contributed by atoms with Crippen LogP contribution in [0.5, 0.6) is 11.5 Å². The van der Waals surface area contributed by atoms with Crippen LogP contribution in [0.4, 0.5) is 5.69 Å². The van der Waals surface area contributed by atoms with Gasteiger partial charge in [0.05, 0.1) is 12.3 Å². The van der Waals surface area contributed by atoms with Gasteiger partial charge in [0.2, 0.25) is 0 Å². The third-order valence-electron chi connectivity index (χ3n) is 3.14. The highest BCUT2D eigenvalue weighted by Crippen LogP contribution is 2.23. The van der Waals surface area contributed by atoms with Gasteiger partial charge in [-0.25, -0.2) is 0 Å². The van der Waals surface area contributed by atoms with Gasteiger partial charge < -0.3 is 14.8 Å². The van der Waals surface area contributed by atoms with Gasteiger partial charge in [-0.15, -0.1) is 0 Å². The molecular weight excluding hydrogens is 298 g/mol. The molecule has 0 spiro atoms. The van der Waals surface area contributed by atoms with E-state index < -0.39 is 0 Å². The Hall–Kier alpha value is -1.87. The smallest absolute Gasteiger partial charge is 0.142 e. The van der Waals surface area contributed by atoms with Crippen LogP contribution < -0.4 is 14.8 Å². The molecule has 118 valence electrons. The summed E-state index contributed by atoms with van der Waals surface area (Å²) in [6.07, 6.45) is 2.19. The molecule has 0 heterocycles. The number of rotatable bonds is 9.